The van der Waals surface area contributed by atoms with E-state index in [0.29, 0.717) is 6.54 Å². The summed E-state index contributed by atoms with van der Waals surface area (Å²) in [6, 6.07) is 14.8. The number of aliphatic imine (C=N–C) groups is 1. The second-order valence-corrected chi connectivity index (χ2v) is 7.78. The normalized spacial score (nSPS) is 12.1. The van der Waals surface area contributed by atoms with Crippen molar-refractivity contribution in [2.24, 2.45) is 4.99 Å². The smallest absolute Gasteiger partial charge is 0.240 e. The van der Waals surface area contributed by atoms with Crippen LogP contribution in [0.25, 0.3) is 10.8 Å². The molecular formula is C22H32N4O. The van der Waals surface area contributed by atoms with Gasteiger partial charge in [0.15, 0.2) is 5.96 Å². The highest BCUT2D eigenvalue weighted by atomic mass is 16.2. The molecule has 146 valence electrons. The van der Waals surface area contributed by atoms with Gasteiger partial charge in [-0.1, -0.05) is 42.5 Å². The van der Waals surface area contributed by atoms with E-state index in [4.69, 9.17) is 4.99 Å². The summed E-state index contributed by atoms with van der Waals surface area (Å²) in [5.41, 5.74) is 1.06. The second-order valence-electron chi connectivity index (χ2n) is 7.78. The molecule has 0 fully saturated rings. The summed E-state index contributed by atoms with van der Waals surface area (Å²) in [7, 11) is 1.89. The van der Waals surface area contributed by atoms with Gasteiger partial charge in [-0.2, -0.15) is 0 Å². The first kappa shape index (κ1) is 20.7. The van der Waals surface area contributed by atoms with Gasteiger partial charge in [0.25, 0.3) is 0 Å². The van der Waals surface area contributed by atoms with Crippen molar-refractivity contribution in [3.05, 3.63) is 48.0 Å². The molecule has 0 bridgehead atoms. The lowest BCUT2D eigenvalue weighted by Gasteiger charge is -2.25. The zero-order chi connectivity index (χ0) is 19.9. The zero-order valence-corrected chi connectivity index (χ0v) is 17.2. The first-order valence-corrected chi connectivity index (χ1v) is 9.57. The summed E-state index contributed by atoms with van der Waals surface area (Å²) in [6.07, 6.45) is 0.859. The Morgan fingerprint density at radius 3 is 2.52 bits per heavy atom. The van der Waals surface area contributed by atoms with Crippen molar-refractivity contribution in [2.75, 3.05) is 26.7 Å². The van der Waals surface area contributed by atoms with Gasteiger partial charge in [0.05, 0.1) is 6.54 Å². The number of fused-ring (bicyclic) bond motifs is 1. The third-order valence-electron chi connectivity index (χ3n) is 4.11. The van der Waals surface area contributed by atoms with Crippen LogP contribution < -0.4 is 10.6 Å². The van der Waals surface area contributed by atoms with E-state index >= 15 is 0 Å². The van der Waals surface area contributed by atoms with Crippen LogP contribution in [0.5, 0.6) is 0 Å². The van der Waals surface area contributed by atoms with E-state index in [9.17, 15) is 4.79 Å². The van der Waals surface area contributed by atoms with E-state index in [2.05, 4.69) is 53.1 Å². The molecule has 2 N–H and O–H groups in total. The van der Waals surface area contributed by atoms with Gasteiger partial charge in [-0.15, -0.1) is 0 Å². The summed E-state index contributed by atoms with van der Waals surface area (Å²) in [4.78, 5) is 18.8. The monoisotopic (exact) mass is 368 g/mol. The predicted octanol–water partition coefficient (Wildman–Crippen LogP) is 3.19. The average Bonchev–Trinajstić information content (AvgIpc) is 2.59. The van der Waals surface area contributed by atoms with E-state index in [1.807, 2.05) is 39.6 Å². The molecular weight excluding hydrogens is 336 g/mol. The van der Waals surface area contributed by atoms with Crippen LogP contribution in [-0.2, 0) is 11.2 Å². The number of guanidine groups is 1. The van der Waals surface area contributed by atoms with Crippen LogP contribution in [0.1, 0.15) is 33.3 Å². The maximum absolute atomic E-state index is 12.2. The number of hydrogen-bond acceptors (Lipinski definition) is 2. The molecule has 27 heavy (non-hydrogen) atoms. The molecule has 1 amide bonds. The highest BCUT2D eigenvalue weighted by Crippen LogP contribution is 2.18. The van der Waals surface area contributed by atoms with Crippen LogP contribution in [0.2, 0.25) is 0 Å². The van der Waals surface area contributed by atoms with Crippen molar-refractivity contribution in [1.82, 2.24) is 15.5 Å². The molecule has 0 spiro atoms. The van der Waals surface area contributed by atoms with Gasteiger partial charge >= 0.3 is 0 Å². The number of rotatable bonds is 6. The Labute approximate surface area is 162 Å². The van der Waals surface area contributed by atoms with Crippen molar-refractivity contribution in [2.45, 2.75) is 39.7 Å². The SMILES string of the molecule is CCNC(=NCCc1cccc2ccccc12)N(C)CC(=O)NC(C)(C)C. The number of nitrogens with one attached hydrogen (secondary N) is 2. The molecule has 0 saturated carbocycles. The number of likely N-dealkylation sites (N-methyl/N-ethyl adjacent to an activating group) is 1. The van der Waals surface area contributed by atoms with Crippen molar-refractivity contribution in [1.29, 1.82) is 0 Å². The lowest BCUT2D eigenvalue weighted by atomic mass is 10.0. The minimum atomic E-state index is -0.234. The van der Waals surface area contributed by atoms with Crippen molar-refractivity contribution in [3.8, 4) is 0 Å². The molecule has 0 aromatic heterocycles. The van der Waals surface area contributed by atoms with Gasteiger partial charge in [-0.3, -0.25) is 9.79 Å². The Morgan fingerprint density at radius 1 is 1.11 bits per heavy atom. The summed E-state index contributed by atoms with van der Waals surface area (Å²) in [5, 5.41) is 8.78. The van der Waals surface area contributed by atoms with E-state index < -0.39 is 0 Å². The van der Waals surface area contributed by atoms with E-state index in [1.54, 1.807) is 0 Å². The Hall–Kier alpha value is -2.56. The number of nitrogens with zero attached hydrogens (tertiary/aromatic N) is 2. The van der Waals surface area contributed by atoms with E-state index in [1.165, 1.54) is 16.3 Å². The van der Waals surface area contributed by atoms with Gasteiger partial charge < -0.3 is 15.5 Å². The van der Waals surface area contributed by atoms with Crippen molar-refractivity contribution < 1.29 is 4.79 Å². The number of hydrogen-bond donors (Lipinski definition) is 2. The minimum Gasteiger partial charge on any atom is -0.357 e. The summed E-state index contributed by atoms with van der Waals surface area (Å²) < 4.78 is 0. The zero-order valence-electron chi connectivity index (χ0n) is 17.2. The van der Waals surface area contributed by atoms with Gasteiger partial charge in [-0.25, -0.2) is 0 Å². The maximum Gasteiger partial charge on any atom is 0.240 e. The molecule has 0 atom stereocenters. The lowest BCUT2D eigenvalue weighted by Crippen LogP contribution is -2.48. The molecule has 5 nitrogen and oxygen atoms in total. The molecule has 5 heteroatoms. The first-order chi connectivity index (χ1) is 12.8. The van der Waals surface area contributed by atoms with Crippen LogP contribution in [0.15, 0.2) is 47.5 Å². The van der Waals surface area contributed by atoms with Crippen LogP contribution in [0.3, 0.4) is 0 Å². The molecule has 0 unspecified atom stereocenters. The number of carbonyl (C=O) groups excluding carboxylic acids is 1. The fraction of sp³-hybridized carbons (Fsp3) is 0.455. The average molecular weight is 369 g/mol. The number of carbonyl (C=O) groups is 1. The fourth-order valence-corrected chi connectivity index (χ4v) is 3.01. The molecule has 0 aliphatic rings. The van der Waals surface area contributed by atoms with Crippen LogP contribution in [0, 0.1) is 0 Å². The number of amides is 1. The molecule has 0 heterocycles. The van der Waals surface area contributed by atoms with Crippen LogP contribution in [-0.4, -0.2) is 49.0 Å². The highest BCUT2D eigenvalue weighted by molar-refractivity contribution is 5.87. The van der Waals surface area contributed by atoms with Crippen LogP contribution in [0.4, 0.5) is 0 Å². The standard InChI is InChI=1S/C22H32N4O/c1-6-23-21(26(5)16-20(27)25-22(2,3)4)24-15-14-18-12-9-11-17-10-7-8-13-19(17)18/h7-13H,6,14-16H2,1-5H3,(H,23,24)(H,25,27). The highest BCUT2D eigenvalue weighted by Gasteiger charge is 2.16. The minimum absolute atomic E-state index is 0.00958. The summed E-state index contributed by atoms with van der Waals surface area (Å²) in [6.45, 7) is 9.68. The Morgan fingerprint density at radius 2 is 1.81 bits per heavy atom. The number of benzene rings is 2. The predicted molar refractivity (Wildman–Crippen MR) is 114 cm³/mol. The third kappa shape index (κ3) is 6.59. The third-order valence-corrected chi connectivity index (χ3v) is 4.11. The molecule has 0 radical (unpaired) electrons. The maximum atomic E-state index is 12.2. The molecule has 2 aromatic rings. The second kappa shape index (κ2) is 9.40. The quantitative estimate of drug-likeness (QED) is 0.608. The molecule has 0 aliphatic heterocycles. The largest absolute Gasteiger partial charge is 0.357 e. The molecule has 0 saturated heterocycles. The van der Waals surface area contributed by atoms with Crippen LogP contribution >= 0.6 is 0 Å². The van der Waals surface area contributed by atoms with Crippen molar-refractivity contribution in [3.63, 3.8) is 0 Å². The Bertz CT molecular complexity index is 787. The molecule has 2 aromatic carbocycles. The fourth-order valence-electron chi connectivity index (χ4n) is 3.01. The first-order valence-electron chi connectivity index (χ1n) is 9.57. The topological polar surface area (TPSA) is 56.7 Å². The molecule has 0 aliphatic carbocycles. The van der Waals surface area contributed by atoms with Gasteiger partial charge in [0.2, 0.25) is 5.91 Å². The van der Waals surface area contributed by atoms with Gasteiger partial charge in [0, 0.05) is 25.7 Å². The Kier molecular flexibility index (Phi) is 7.22. The van der Waals surface area contributed by atoms with Gasteiger partial charge in [-0.05, 0) is 50.5 Å². The summed E-state index contributed by atoms with van der Waals surface area (Å²) >= 11 is 0. The summed E-state index contributed by atoms with van der Waals surface area (Å²) in [5.74, 6) is 0.742. The molecule has 2 rings (SSSR count). The van der Waals surface area contributed by atoms with E-state index in [-0.39, 0.29) is 18.0 Å². The Balaban J connectivity index is 2.03. The van der Waals surface area contributed by atoms with Gasteiger partial charge in [0.1, 0.15) is 0 Å². The van der Waals surface area contributed by atoms with Crippen molar-refractivity contribution >= 4 is 22.6 Å². The lowest BCUT2D eigenvalue weighted by molar-refractivity contribution is -0.122. The van der Waals surface area contributed by atoms with E-state index in [0.717, 1.165) is 18.9 Å².